The summed E-state index contributed by atoms with van der Waals surface area (Å²) < 4.78 is 5.72. The van der Waals surface area contributed by atoms with Gasteiger partial charge in [-0.2, -0.15) is 0 Å². The van der Waals surface area contributed by atoms with Gasteiger partial charge >= 0.3 is 0 Å². The van der Waals surface area contributed by atoms with E-state index >= 15 is 0 Å². The van der Waals surface area contributed by atoms with Crippen LogP contribution in [0.15, 0.2) is 18.3 Å². The van der Waals surface area contributed by atoms with Crippen molar-refractivity contribution >= 4 is 0 Å². The van der Waals surface area contributed by atoms with Crippen LogP contribution >= 0.6 is 0 Å². The van der Waals surface area contributed by atoms with E-state index in [0.717, 1.165) is 18.0 Å². The van der Waals surface area contributed by atoms with E-state index in [4.69, 9.17) is 4.74 Å². The molecule has 1 heterocycles. The lowest BCUT2D eigenvalue weighted by molar-refractivity contribution is 0.130. The second-order valence-corrected chi connectivity index (χ2v) is 4.23. The van der Waals surface area contributed by atoms with Gasteiger partial charge in [0.25, 0.3) is 0 Å². The molecule has 0 aromatic carbocycles. The molecule has 1 rings (SSSR count). The summed E-state index contributed by atoms with van der Waals surface area (Å²) in [6.45, 7) is 6.86. The molecule has 0 atom stereocenters. The molecule has 3 nitrogen and oxygen atoms in total. The van der Waals surface area contributed by atoms with E-state index in [2.05, 4.69) is 10.3 Å². The Labute approximate surface area is 85.5 Å². The molecule has 0 fully saturated rings. The maximum atomic E-state index is 5.72. The Morgan fingerprint density at radius 1 is 1.43 bits per heavy atom. The van der Waals surface area contributed by atoms with Crippen molar-refractivity contribution in [2.24, 2.45) is 0 Å². The van der Waals surface area contributed by atoms with Crippen LogP contribution in [0.4, 0.5) is 0 Å². The van der Waals surface area contributed by atoms with E-state index in [0.29, 0.717) is 0 Å². The van der Waals surface area contributed by atoms with Crippen LogP contribution in [-0.4, -0.2) is 17.6 Å². The number of hydrogen-bond donors (Lipinski definition) is 1. The van der Waals surface area contributed by atoms with Gasteiger partial charge < -0.3 is 10.1 Å². The van der Waals surface area contributed by atoms with Crippen molar-refractivity contribution in [3.8, 4) is 5.75 Å². The van der Waals surface area contributed by atoms with Crippen LogP contribution in [-0.2, 0) is 6.54 Å². The van der Waals surface area contributed by atoms with Crippen LogP contribution in [0.1, 0.15) is 26.5 Å². The lowest BCUT2D eigenvalue weighted by Crippen LogP contribution is -2.23. The van der Waals surface area contributed by atoms with Crippen molar-refractivity contribution in [2.45, 2.75) is 32.9 Å². The first-order chi connectivity index (χ1) is 6.51. The maximum Gasteiger partial charge on any atom is 0.123 e. The summed E-state index contributed by atoms with van der Waals surface area (Å²) in [5.74, 6) is 0.873. The van der Waals surface area contributed by atoms with Gasteiger partial charge in [-0.3, -0.25) is 4.98 Å². The van der Waals surface area contributed by atoms with Crippen LogP contribution in [0.3, 0.4) is 0 Å². The zero-order valence-electron chi connectivity index (χ0n) is 9.29. The molecule has 1 aromatic rings. The van der Waals surface area contributed by atoms with E-state index in [1.54, 1.807) is 6.20 Å². The predicted molar refractivity (Wildman–Crippen MR) is 57.4 cm³/mol. The third-order valence-electron chi connectivity index (χ3n) is 1.57. The largest absolute Gasteiger partial charge is 0.488 e. The highest BCUT2D eigenvalue weighted by Gasteiger charge is 2.11. The lowest BCUT2D eigenvalue weighted by Gasteiger charge is -2.21. The van der Waals surface area contributed by atoms with Crippen molar-refractivity contribution in [3.05, 3.63) is 24.0 Å². The van der Waals surface area contributed by atoms with Gasteiger partial charge in [-0.1, -0.05) is 0 Å². The van der Waals surface area contributed by atoms with Crippen LogP contribution in [0, 0.1) is 0 Å². The molecule has 0 aliphatic heterocycles. The smallest absolute Gasteiger partial charge is 0.123 e. The predicted octanol–water partition coefficient (Wildman–Crippen LogP) is 1.98. The minimum Gasteiger partial charge on any atom is -0.488 e. The van der Waals surface area contributed by atoms with E-state index in [1.165, 1.54) is 0 Å². The third kappa shape index (κ3) is 3.75. The number of pyridine rings is 1. The molecule has 78 valence electrons. The Morgan fingerprint density at radius 3 is 2.71 bits per heavy atom. The second kappa shape index (κ2) is 4.42. The Hall–Kier alpha value is -1.09. The maximum absolute atomic E-state index is 5.72. The van der Waals surface area contributed by atoms with E-state index in [1.807, 2.05) is 40.0 Å². The third-order valence-corrected chi connectivity index (χ3v) is 1.57. The van der Waals surface area contributed by atoms with Gasteiger partial charge in [-0.15, -0.1) is 0 Å². The molecular formula is C11H18N2O. The topological polar surface area (TPSA) is 34.1 Å². The minimum atomic E-state index is -0.154. The molecule has 0 spiro atoms. The zero-order valence-corrected chi connectivity index (χ0v) is 9.29. The van der Waals surface area contributed by atoms with Gasteiger partial charge in [-0.05, 0) is 33.9 Å². The van der Waals surface area contributed by atoms with E-state index < -0.39 is 0 Å². The fraction of sp³-hybridized carbons (Fsp3) is 0.545. The molecule has 0 radical (unpaired) electrons. The summed E-state index contributed by atoms with van der Waals surface area (Å²) in [7, 11) is 1.90. The highest BCUT2D eigenvalue weighted by molar-refractivity contribution is 5.23. The van der Waals surface area contributed by atoms with Crippen molar-refractivity contribution < 1.29 is 4.74 Å². The summed E-state index contributed by atoms with van der Waals surface area (Å²) in [4.78, 5) is 4.22. The summed E-state index contributed by atoms with van der Waals surface area (Å²) in [5, 5.41) is 3.06. The van der Waals surface area contributed by atoms with Gasteiger partial charge in [-0.25, -0.2) is 0 Å². The SMILES string of the molecule is CNCc1cc(OC(C)(C)C)ccn1. The first-order valence-electron chi connectivity index (χ1n) is 4.80. The molecule has 3 heteroatoms. The lowest BCUT2D eigenvalue weighted by atomic mass is 10.2. The fourth-order valence-corrected chi connectivity index (χ4v) is 1.15. The molecule has 0 aliphatic carbocycles. The van der Waals surface area contributed by atoms with Gasteiger partial charge in [0, 0.05) is 18.8 Å². The standard InChI is InChI=1S/C11H18N2O/c1-11(2,3)14-10-5-6-13-9(7-10)8-12-4/h5-7,12H,8H2,1-4H3. The molecule has 1 N–H and O–H groups in total. The first-order valence-corrected chi connectivity index (χ1v) is 4.80. The number of ether oxygens (including phenoxy) is 1. The minimum absolute atomic E-state index is 0.154. The van der Waals surface area contributed by atoms with E-state index in [-0.39, 0.29) is 5.60 Å². The molecule has 0 saturated carbocycles. The number of nitrogens with one attached hydrogen (secondary N) is 1. The summed E-state index contributed by atoms with van der Waals surface area (Å²) in [5.41, 5.74) is 0.840. The van der Waals surface area contributed by atoms with Crippen molar-refractivity contribution in [3.63, 3.8) is 0 Å². The number of hydrogen-bond acceptors (Lipinski definition) is 3. The fourth-order valence-electron chi connectivity index (χ4n) is 1.15. The Kier molecular flexibility index (Phi) is 3.47. The van der Waals surface area contributed by atoms with Crippen molar-refractivity contribution in [1.82, 2.24) is 10.3 Å². The molecule has 1 aromatic heterocycles. The summed E-state index contributed by atoms with van der Waals surface area (Å²) in [6.07, 6.45) is 1.77. The van der Waals surface area contributed by atoms with Gasteiger partial charge in [0.1, 0.15) is 11.4 Å². The molecule has 0 amide bonds. The summed E-state index contributed by atoms with van der Waals surface area (Å²) in [6, 6.07) is 3.84. The van der Waals surface area contributed by atoms with E-state index in [9.17, 15) is 0 Å². The monoisotopic (exact) mass is 194 g/mol. The zero-order chi connectivity index (χ0) is 10.6. The van der Waals surface area contributed by atoms with Gasteiger partial charge in [0.15, 0.2) is 0 Å². The Morgan fingerprint density at radius 2 is 2.14 bits per heavy atom. The first kappa shape index (κ1) is 11.0. The Bertz CT molecular complexity index is 292. The van der Waals surface area contributed by atoms with Crippen LogP contribution in [0.25, 0.3) is 0 Å². The average Bonchev–Trinajstić information content (AvgIpc) is 2.02. The molecule has 14 heavy (non-hydrogen) atoms. The molecular weight excluding hydrogens is 176 g/mol. The highest BCUT2D eigenvalue weighted by atomic mass is 16.5. The number of nitrogens with zero attached hydrogens (tertiary/aromatic N) is 1. The summed E-state index contributed by atoms with van der Waals surface area (Å²) >= 11 is 0. The number of rotatable bonds is 3. The second-order valence-electron chi connectivity index (χ2n) is 4.23. The van der Waals surface area contributed by atoms with Crippen LogP contribution in [0.2, 0.25) is 0 Å². The number of aromatic nitrogens is 1. The van der Waals surface area contributed by atoms with Gasteiger partial charge in [0.05, 0.1) is 5.69 Å². The van der Waals surface area contributed by atoms with Crippen molar-refractivity contribution in [1.29, 1.82) is 0 Å². The molecule has 0 saturated heterocycles. The van der Waals surface area contributed by atoms with Gasteiger partial charge in [0.2, 0.25) is 0 Å². The van der Waals surface area contributed by atoms with Crippen LogP contribution in [0.5, 0.6) is 5.75 Å². The molecule has 0 aliphatic rings. The van der Waals surface area contributed by atoms with Crippen LogP contribution < -0.4 is 10.1 Å². The normalized spacial score (nSPS) is 11.4. The molecule has 0 unspecified atom stereocenters. The average molecular weight is 194 g/mol. The Balaban J connectivity index is 2.73. The molecule has 0 bridgehead atoms. The quantitative estimate of drug-likeness (QED) is 0.799. The highest BCUT2D eigenvalue weighted by Crippen LogP contribution is 2.17. The van der Waals surface area contributed by atoms with Crippen molar-refractivity contribution in [2.75, 3.05) is 7.05 Å².